The first kappa shape index (κ1) is 23.5. The van der Waals surface area contributed by atoms with Gasteiger partial charge in [-0.1, -0.05) is 5.04 Å². The Morgan fingerprint density at radius 1 is 1.15 bits per heavy atom. The van der Waals surface area contributed by atoms with Gasteiger partial charge in [0.05, 0.1) is 30.4 Å². The van der Waals surface area contributed by atoms with Crippen LogP contribution in [0.25, 0.3) is 33.0 Å². The highest BCUT2D eigenvalue weighted by Gasteiger charge is 2.32. The molecule has 33 heavy (non-hydrogen) atoms. The maximum Gasteiger partial charge on any atom is 0.344 e. The summed E-state index contributed by atoms with van der Waals surface area (Å²) < 4.78 is 52.8. The Morgan fingerprint density at radius 2 is 1.94 bits per heavy atom. The number of hydrogen-bond donors (Lipinski definition) is 3. The molecule has 0 bridgehead atoms. The van der Waals surface area contributed by atoms with E-state index in [2.05, 4.69) is 9.37 Å². The monoisotopic (exact) mass is 498 g/mol. The Hall–Kier alpha value is -2.68. The Kier molecular flexibility index (Phi) is 6.61. The van der Waals surface area contributed by atoms with E-state index in [9.17, 15) is 17.8 Å². The van der Waals surface area contributed by atoms with E-state index in [1.54, 1.807) is 35.8 Å². The van der Waals surface area contributed by atoms with Crippen LogP contribution in [0.2, 0.25) is 0 Å². The third-order valence-electron chi connectivity index (χ3n) is 5.23. The second kappa shape index (κ2) is 9.29. The quantitative estimate of drug-likeness (QED) is 0.0716. The van der Waals surface area contributed by atoms with Gasteiger partial charge in [0.15, 0.2) is 11.4 Å². The molecule has 0 saturated heterocycles. The number of aryl methyl sites for hydroxylation is 2. The summed E-state index contributed by atoms with van der Waals surface area (Å²) in [4.78, 5) is 10.8. The van der Waals surface area contributed by atoms with Gasteiger partial charge >= 0.3 is 11.9 Å². The van der Waals surface area contributed by atoms with E-state index in [-0.39, 0.29) is 23.0 Å². The van der Waals surface area contributed by atoms with Crippen molar-refractivity contribution in [2.24, 2.45) is 0 Å². The fourth-order valence-electron chi connectivity index (χ4n) is 3.88. The predicted molar refractivity (Wildman–Crippen MR) is 115 cm³/mol. The molecule has 0 fully saturated rings. The fourth-order valence-corrected chi connectivity index (χ4v) is 5.12. The zero-order chi connectivity index (χ0) is 23.8. The third kappa shape index (κ3) is 4.69. The van der Waals surface area contributed by atoms with Crippen LogP contribution < -0.4 is 4.57 Å². The molecular weight excluding hydrogens is 478 g/mol. The number of carboxylic acid groups (broad SMARTS) is 1. The van der Waals surface area contributed by atoms with Crippen molar-refractivity contribution >= 4 is 61.2 Å². The van der Waals surface area contributed by atoms with Gasteiger partial charge < -0.3 is 13.9 Å². The number of rotatable bonds is 10. The topological polar surface area (TPSA) is 161 Å². The van der Waals surface area contributed by atoms with Crippen LogP contribution in [-0.2, 0) is 30.8 Å². The SMILES string of the molecule is Cc1oc2c(S(=O)(=O)O)c3c(cc2[n+]1CCCCCC(=O)O)oc1ccc(SOOO)cc13. The Labute approximate surface area is 191 Å². The molecule has 3 N–H and O–H groups in total. The Bertz CT molecular complexity index is 1450. The van der Waals surface area contributed by atoms with Gasteiger partial charge in [-0.15, -0.1) is 4.33 Å². The lowest BCUT2D eigenvalue weighted by Crippen LogP contribution is -2.35. The van der Waals surface area contributed by atoms with E-state index in [1.807, 2.05) is 0 Å². The predicted octanol–water partition coefficient (Wildman–Crippen LogP) is 4.25. The van der Waals surface area contributed by atoms with Crippen LogP contribution in [0.3, 0.4) is 0 Å². The molecule has 2 aromatic heterocycles. The summed E-state index contributed by atoms with van der Waals surface area (Å²) in [6, 6.07) is 6.42. The molecule has 0 aliphatic carbocycles. The molecule has 0 aliphatic heterocycles. The Morgan fingerprint density at radius 3 is 2.64 bits per heavy atom. The van der Waals surface area contributed by atoms with E-state index in [4.69, 9.17) is 19.2 Å². The average Bonchev–Trinajstić information content (AvgIpc) is 3.25. The number of fused-ring (bicyclic) bond motifs is 4. The van der Waals surface area contributed by atoms with Crippen molar-refractivity contribution in [3.63, 3.8) is 0 Å². The van der Waals surface area contributed by atoms with Gasteiger partial charge in [0, 0.05) is 23.1 Å². The first-order valence-corrected chi connectivity index (χ1v) is 12.0. The highest BCUT2D eigenvalue weighted by atomic mass is 32.2. The van der Waals surface area contributed by atoms with Crippen LogP contribution in [0, 0.1) is 6.92 Å². The highest BCUT2D eigenvalue weighted by Crippen LogP contribution is 2.39. The molecule has 0 unspecified atom stereocenters. The highest BCUT2D eigenvalue weighted by molar-refractivity contribution is 7.94. The lowest BCUT2D eigenvalue weighted by Gasteiger charge is -2.01. The number of carboxylic acids is 1. The zero-order valence-corrected chi connectivity index (χ0v) is 18.9. The number of aromatic nitrogens is 1. The van der Waals surface area contributed by atoms with Crippen molar-refractivity contribution in [3.05, 3.63) is 30.2 Å². The largest absolute Gasteiger partial charge is 0.481 e. The molecule has 0 aliphatic rings. The molecule has 4 rings (SSSR count). The fraction of sp³-hybridized carbons (Fsp3) is 0.300. The molecule has 2 heterocycles. The zero-order valence-electron chi connectivity index (χ0n) is 17.3. The van der Waals surface area contributed by atoms with E-state index in [0.717, 1.165) is 0 Å². The van der Waals surface area contributed by atoms with E-state index < -0.39 is 21.0 Å². The summed E-state index contributed by atoms with van der Waals surface area (Å²) in [6.07, 6.45) is 1.93. The maximum absolute atomic E-state index is 12.4. The second-order valence-corrected chi connectivity index (χ2v) is 9.50. The Balaban J connectivity index is 1.86. The number of aliphatic carboxylic acids is 1. The van der Waals surface area contributed by atoms with Crippen molar-refractivity contribution in [2.75, 3.05) is 0 Å². The molecule has 4 aromatic rings. The number of carbonyl (C=O) groups is 1. The van der Waals surface area contributed by atoms with Crippen molar-refractivity contribution in [1.29, 1.82) is 0 Å². The molecule has 11 nitrogen and oxygen atoms in total. The van der Waals surface area contributed by atoms with Crippen LogP contribution in [0.5, 0.6) is 0 Å². The minimum absolute atomic E-state index is 0.0104. The van der Waals surface area contributed by atoms with E-state index >= 15 is 0 Å². The van der Waals surface area contributed by atoms with Gasteiger partial charge in [0.25, 0.3) is 15.6 Å². The van der Waals surface area contributed by atoms with E-state index in [1.165, 1.54) is 0 Å². The smallest absolute Gasteiger partial charge is 0.344 e. The molecule has 0 spiro atoms. The summed E-state index contributed by atoms with van der Waals surface area (Å²) in [7, 11) is -4.72. The number of unbranched alkanes of at least 4 members (excludes halogenated alkanes) is 2. The van der Waals surface area contributed by atoms with Crippen LogP contribution in [0.15, 0.2) is 42.9 Å². The molecular formula is C20H20NO10S2+. The number of nitrogens with zero attached hydrogens (tertiary/aromatic N) is 1. The normalized spacial score (nSPS) is 12.3. The van der Waals surface area contributed by atoms with Gasteiger partial charge in [-0.2, -0.15) is 13.0 Å². The first-order valence-electron chi connectivity index (χ1n) is 9.87. The average molecular weight is 499 g/mol. The summed E-state index contributed by atoms with van der Waals surface area (Å²) >= 11 is 0.695. The second-order valence-electron chi connectivity index (χ2n) is 7.37. The number of oxazole rings is 1. The first-order chi connectivity index (χ1) is 15.7. The van der Waals surface area contributed by atoms with Crippen molar-refractivity contribution in [1.82, 2.24) is 0 Å². The molecule has 0 saturated carbocycles. The summed E-state index contributed by atoms with van der Waals surface area (Å²) in [5.74, 6) is -0.426. The molecule has 176 valence electrons. The lowest BCUT2D eigenvalue weighted by molar-refractivity contribution is -0.683. The maximum atomic E-state index is 12.4. The lowest BCUT2D eigenvalue weighted by atomic mass is 10.1. The number of benzene rings is 2. The van der Waals surface area contributed by atoms with Gasteiger partial charge in [-0.3, -0.25) is 9.35 Å². The van der Waals surface area contributed by atoms with Crippen molar-refractivity contribution < 1.29 is 50.9 Å². The van der Waals surface area contributed by atoms with Crippen LogP contribution >= 0.6 is 12.0 Å². The molecule has 0 amide bonds. The molecule has 0 radical (unpaired) electrons. The summed E-state index contributed by atoms with van der Waals surface area (Å²) in [6.45, 7) is 2.14. The summed E-state index contributed by atoms with van der Waals surface area (Å²) in [5.41, 5.74) is 1.01. The molecule has 13 heteroatoms. The summed E-state index contributed by atoms with van der Waals surface area (Å²) in [5, 5.41) is 21.3. The number of hydrogen-bond acceptors (Lipinski definition) is 9. The van der Waals surface area contributed by atoms with Crippen LogP contribution in [0.1, 0.15) is 31.6 Å². The van der Waals surface area contributed by atoms with E-state index in [0.29, 0.717) is 65.1 Å². The van der Waals surface area contributed by atoms with Crippen molar-refractivity contribution in [3.8, 4) is 0 Å². The van der Waals surface area contributed by atoms with Gasteiger partial charge in [0.2, 0.25) is 5.58 Å². The van der Waals surface area contributed by atoms with Gasteiger partial charge in [-0.25, -0.2) is 5.26 Å². The standard InChI is InChI=1S/C20H19NO10S2/c1-11-21(8-4-2-3-5-17(22)23)14-10-16-18(20(19(14)28-11)33(25,26)27)13-9-12(32-31-30-24)6-7-15(13)29-16/h6-7,9-10H,2-5,8H2,1H3,(H2-,22,23,24,25,26,27)/p+1. The molecule has 2 aromatic carbocycles. The number of furan rings is 1. The van der Waals surface area contributed by atoms with Crippen LogP contribution in [0.4, 0.5) is 0 Å². The minimum atomic E-state index is -4.72. The van der Waals surface area contributed by atoms with Crippen molar-refractivity contribution in [2.45, 2.75) is 48.9 Å². The third-order valence-corrected chi connectivity index (χ3v) is 6.71. The molecule has 0 atom stereocenters. The van der Waals surface area contributed by atoms with Gasteiger partial charge in [-0.05, 0) is 31.0 Å². The van der Waals surface area contributed by atoms with Crippen LogP contribution in [-0.4, -0.2) is 29.3 Å². The minimum Gasteiger partial charge on any atom is -0.481 e. The van der Waals surface area contributed by atoms with Gasteiger partial charge in [0.1, 0.15) is 11.2 Å².